The van der Waals surface area contributed by atoms with Gasteiger partial charge in [0, 0.05) is 24.5 Å². The molecule has 4 nitrogen and oxygen atoms in total. The van der Waals surface area contributed by atoms with Crippen LogP contribution in [-0.2, 0) is 6.54 Å². The van der Waals surface area contributed by atoms with Crippen molar-refractivity contribution >= 4 is 11.5 Å². The van der Waals surface area contributed by atoms with Crippen molar-refractivity contribution in [2.75, 3.05) is 19.6 Å². The van der Waals surface area contributed by atoms with E-state index in [1.165, 1.54) is 43.0 Å². The molecule has 0 radical (unpaired) electrons. The molecule has 2 aromatic rings. The molecule has 0 bridgehead atoms. The van der Waals surface area contributed by atoms with Crippen molar-refractivity contribution in [3.8, 4) is 0 Å². The number of hydrogen-bond acceptors (Lipinski definition) is 5. The normalized spacial score (nSPS) is 17.4. The molecule has 20 heavy (non-hydrogen) atoms. The molecule has 1 fully saturated rings. The Labute approximate surface area is 124 Å². The summed E-state index contributed by atoms with van der Waals surface area (Å²) in [6.45, 7) is 4.17. The van der Waals surface area contributed by atoms with E-state index in [4.69, 9.17) is 0 Å². The average Bonchev–Trinajstić information content (AvgIpc) is 3.18. The molecule has 5 heteroatoms. The number of nitrogens with zero attached hydrogens (tertiary/aromatic N) is 3. The molecular weight excluding hydrogens is 268 g/mol. The minimum Gasteiger partial charge on any atom is -0.309 e. The Morgan fingerprint density at radius 2 is 2.00 bits per heavy atom. The van der Waals surface area contributed by atoms with E-state index < -0.39 is 0 Å². The Balaban J connectivity index is 1.63. The van der Waals surface area contributed by atoms with Crippen LogP contribution in [0.5, 0.6) is 0 Å². The third kappa shape index (κ3) is 3.42. The van der Waals surface area contributed by atoms with Gasteiger partial charge in [0.05, 0.1) is 5.69 Å². The molecule has 0 spiro atoms. The molecule has 1 atom stereocenters. The van der Waals surface area contributed by atoms with Crippen LogP contribution in [0.15, 0.2) is 35.7 Å². The first-order valence-electron chi connectivity index (χ1n) is 7.19. The van der Waals surface area contributed by atoms with Gasteiger partial charge in [-0.2, -0.15) is 0 Å². The molecule has 1 N–H and O–H groups in total. The standard InChI is InChI=1S/C15H20N4S/c1-2-6-13(7-3-1)15(19-8-4-5-9-19)11-16-10-14-12-20-18-17-14/h1-3,6-7,12,15-16H,4-5,8-11H2. The zero-order valence-electron chi connectivity index (χ0n) is 11.5. The fraction of sp³-hybridized carbons (Fsp3) is 0.467. The summed E-state index contributed by atoms with van der Waals surface area (Å²) in [6, 6.07) is 11.3. The third-order valence-corrected chi connectivity index (χ3v) is 4.37. The van der Waals surface area contributed by atoms with E-state index in [1.54, 1.807) is 0 Å². The first kappa shape index (κ1) is 13.7. The van der Waals surface area contributed by atoms with Crippen LogP contribution in [0.4, 0.5) is 0 Å². The zero-order valence-corrected chi connectivity index (χ0v) is 12.4. The maximum Gasteiger partial charge on any atom is 0.0893 e. The van der Waals surface area contributed by atoms with Crippen LogP contribution in [0, 0.1) is 0 Å². The van der Waals surface area contributed by atoms with E-state index in [0.29, 0.717) is 6.04 Å². The van der Waals surface area contributed by atoms with Gasteiger partial charge in [0.25, 0.3) is 0 Å². The Bertz CT molecular complexity index is 494. The number of nitrogens with one attached hydrogen (secondary N) is 1. The minimum absolute atomic E-state index is 0.463. The van der Waals surface area contributed by atoms with Gasteiger partial charge in [-0.25, -0.2) is 0 Å². The molecule has 0 aliphatic carbocycles. The lowest BCUT2D eigenvalue weighted by molar-refractivity contribution is 0.238. The van der Waals surface area contributed by atoms with E-state index in [-0.39, 0.29) is 0 Å². The van der Waals surface area contributed by atoms with Gasteiger partial charge in [-0.3, -0.25) is 4.90 Å². The van der Waals surface area contributed by atoms with Crippen LogP contribution in [0.25, 0.3) is 0 Å². The zero-order chi connectivity index (χ0) is 13.6. The Morgan fingerprint density at radius 1 is 1.20 bits per heavy atom. The fourth-order valence-electron chi connectivity index (χ4n) is 2.78. The highest BCUT2D eigenvalue weighted by atomic mass is 32.1. The summed E-state index contributed by atoms with van der Waals surface area (Å²) >= 11 is 1.41. The van der Waals surface area contributed by atoms with Gasteiger partial charge in [-0.15, -0.1) is 5.10 Å². The summed E-state index contributed by atoms with van der Waals surface area (Å²) in [7, 11) is 0. The number of likely N-dealkylation sites (tertiary alicyclic amines) is 1. The second-order valence-corrected chi connectivity index (χ2v) is 5.81. The lowest BCUT2D eigenvalue weighted by Gasteiger charge is -2.28. The van der Waals surface area contributed by atoms with Gasteiger partial charge in [0.1, 0.15) is 0 Å². The molecule has 1 unspecified atom stereocenters. The van der Waals surface area contributed by atoms with Crippen molar-refractivity contribution in [3.63, 3.8) is 0 Å². The molecular formula is C15H20N4S. The highest BCUT2D eigenvalue weighted by Gasteiger charge is 2.22. The third-order valence-electron chi connectivity index (χ3n) is 3.81. The van der Waals surface area contributed by atoms with Gasteiger partial charge in [0.2, 0.25) is 0 Å². The second kappa shape index (κ2) is 6.92. The molecule has 106 valence electrons. The van der Waals surface area contributed by atoms with Gasteiger partial charge >= 0.3 is 0 Å². The number of hydrogen-bond donors (Lipinski definition) is 1. The largest absolute Gasteiger partial charge is 0.309 e. The summed E-state index contributed by atoms with van der Waals surface area (Å²) in [6.07, 6.45) is 2.64. The lowest BCUT2D eigenvalue weighted by Crippen LogP contribution is -2.34. The van der Waals surface area contributed by atoms with Gasteiger partial charge in [-0.1, -0.05) is 34.8 Å². The highest BCUT2D eigenvalue weighted by Crippen LogP contribution is 2.24. The minimum atomic E-state index is 0.463. The van der Waals surface area contributed by atoms with Crippen LogP contribution >= 0.6 is 11.5 Å². The molecule has 0 amide bonds. The highest BCUT2D eigenvalue weighted by molar-refractivity contribution is 7.03. The smallest absolute Gasteiger partial charge is 0.0893 e. The Hall–Kier alpha value is -1.30. The van der Waals surface area contributed by atoms with Crippen molar-refractivity contribution in [1.29, 1.82) is 0 Å². The fourth-order valence-corrected chi connectivity index (χ4v) is 3.24. The Morgan fingerprint density at radius 3 is 2.70 bits per heavy atom. The predicted octanol–water partition coefficient (Wildman–Crippen LogP) is 2.46. The van der Waals surface area contributed by atoms with Crippen molar-refractivity contribution in [3.05, 3.63) is 47.0 Å². The molecule has 3 rings (SSSR count). The van der Waals surface area contributed by atoms with Crippen molar-refractivity contribution in [1.82, 2.24) is 19.8 Å². The van der Waals surface area contributed by atoms with E-state index in [1.807, 2.05) is 5.38 Å². The quantitative estimate of drug-likeness (QED) is 0.886. The summed E-state index contributed by atoms with van der Waals surface area (Å²) < 4.78 is 3.90. The van der Waals surface area contributed by atoms with Crippen LogP contribution < -0.4 is 5.32 Å². The van der Waals surface area contributed by atoms with E-state index >= 15 is 0 Å². The molecule has 1 aromatic heterocycles. The maximum atomic E-state index is 4.08. The maximum absolute atomic E-state index is 4.08. The SMILES string of the molecule is c1ccc(C(CNCc2csnn2)N2CCCC2)cc1. The molecule has 2 heterocycles. The average molecular weight is 288 g/mol. The summed E-state index contributed by atoms with van der Waals surface area (Å²) in [5, 5.41) is 9.60. The topological polar surface area (TPSA) is 41.1 Å². The van der Waals surface area contributed by atoms with Gasteiger partial charge < -0.3 is 5.32 Å². The van der Waals surface area contributed by atoms with Crippen molar-refractivity contribution < 1.29 is 0 Å². The lowest BCUT2D eigenvalue weighted by atomic mass is 10.1. The monoisotopic (exact) mass is 288 g/mol. The molecule has 1 saturated heterocycles. The molecule has 0 saturated carbocycles. The first-order chi connectivity index (χ1) is 9.93. The van der Waals surface area contributed by atoms with Crippen LogP contribution in [-0.4, -0.2) is 34.1 Å². The van der Waals surface area contributed by atoms with Crippen LogP contribution in [0.2, 0.25) is 0 Å². The molecule has 1 aliphatic rings. The van der Waals surface area contributed by atoms with E-state index in [0.717, 1.165) is 18.8 Å². The van der Waals surface area contributed by atoms with Gasteiger partial charge in [-0.05, 0) is 43.0 Å². The van der Waals surface area contributed by atoms with Crippen molar-refractivity contribution in [2.24, 2.45) is 0 Å². The van der Waals surface area contributed by atoms with Gasteiger partial charge in [0.15, 0.2) is 0 Å². The van der Waals surface area contributed by atoms with Crippen molar-refractivity contribution in [2.45, 2.75) is 25.4 Å². The van der Waals surface area contributed by atoms with E-state index in [2.05, 4.69) is 50.1 Å². The summed E-state index contributed by atoms with van der Waals surface area (Å²) in [5.74, 6) is 0. The summed E-state index contributed by atoms with van der Waals surface area (Å²) in [5.41, 5.74) is 2.43. The first-order valence-corrected chi connectivity index (χ1v) is 8.03. The number of benzene rings is 1. The molecule has 1 aliphatic heterocycles. The van der Waals surface area contributed by atoms with Crippen LogP contribution in [0.1, 0.15) is 30.1 Å². The number of rotatable bonds is 6. The summed E-state index contributed by atoms with van der Waals surface area (Å²) in [4.78, 5) is 2.58. The molecule has 1 aromatic carbocycles. The predicted molar refractivity (Wildman–Crippen MR) is 81.6 cm³/mol. The number of aromatic nitrogens is 2. The Kier molecular flexibility index (Phi) is 4.73. The second-order valence-electron chi connectivity index (χ2n) is 5.20. The van der Waals surface area contributed by atoms with Crippen LogP contribution in [0.3, 0.4) is 0 Å². The van der Waals surface area contributed by atoms with E-state index in [9.17, 15) is 0 Å².